The van der Waals surface area contributed by atoms with Gasteiger partial charge in [-0.3, -0.25) is 4.79 Å². The van der Waals surface area contributed by atoms with Crippen molar-refractivity contribution in [3.05, 3.63) is 44.9 Å². The summed E-state index contributed by atoms with van der Waals surface area (Å²) in [6, 6.07) is 3.72. The smallest absolute Gasteiger partial charge is 0.212 e. The van der Waals surface area contributed by atoms with Crippen LogP contribution in [0.2, 0.25) is 5.02 Å². The molecule has 1 aliphatic rings. The summed E-state index contributed by atoms with van der Waals surface area (Å²) < 4.78 is 25.3. The highest BCUT2D eigenvalue weighted by atomic mass is 35.5. The van der Waals surface area contributed by atoms with Crippen molar-refractivity contribution >= 4 is 38.6 Å². The van der Waals surface area contributed by atoms with Gasteiger partial charge in [-0.25, -0.2) is 13.4 Å². The number of aromatic nitrogens is 1. The number of sulfone groups is 1. The van der Waals surface area contributed by atoms with Gasteiger partial charge in [0.25, 0.3) is 0 Å². The molecule has 0 saturated heterocycles. The van der Waals surface area contributed by atoms with E-state index in [9.17, 15) is 18.3 Å². The summed E-state index contributed by atoms with van der Waals surface area (Å²) in [5, 5.41) is 10.8. The Labute approximate surface area is 181 Å². The topological polar surface area (TPSA) is 84.3 Å². The maximum absolute atomic E-state index is 12.8. The molecule has 3 rings (SSSR count). The van der Waals surface area contributed by atoms with Gasteiger partial charge in [0.1, 0.15) is 11.4 Å². The third-order valence-corrected chi connectivity index (χ3v) is 8.74. The second-order valence-electron chi connectivity index (χ2n) is 8.37. The molecule has 29 heavy (non-hydrogen) atoms. The van der Waals surface area contributed by atoms with E-state index in [1.54, 1.807) is 0 Å². The van der Waals surface area contributed by atoms with E-state index in [1.165, 1.54) is 6.20 Å². The molecular weight excluding hydrogens is 430 g/mol. The normalized spacial score (nSPS) is 15.9. The largest absolute Gasteiger partial charge is 0.384 e. The first-order chi connectivity index (χ1) is 13.4. The summed E-state index contributed by atoms with van der Waals surface area (Å²) in [4.78, 5) is 17.3. The average molecular weight is 456 g/mol. The zero-order chi connectivity index (χ0) is 21.6. The molecule has 0 atom stereocenters. The first kappa shape index (κ1) is 22.4. The fraction of sp³-hybridized carbons (Fsp3) is 0.524. The first-order valence-corrected chi connectivity index (χ1v) is 12.5. The number of hydrogen-bond donors (Lipinski definition) is 1. The Kier molecular flexibility index (Phi) is 6.26. The predicted octanol–water partition coefficient (Wildman–Crippen LogP) is 4.61. The second-order valence-corrected chi connectivity index (χ2v) is 12.0. The molecule has 0 spiro atoms. The number of rotatable bonds is 8. The second kappa shape index (κ2) is 8.10. The average Bonchev–Trinajstić information content (AvgIpc) is 3.15. The molecule has 0 unspecified atom stereocenters. The van der Waals surface area contributed by atoms with Gasteiger partial charge in [0.2, 0.25) is 14.2 Å². The molecule has 1 aromatic heterocycles. The van der Waals surface area contributed by atoms with E-state index in [4.69, 9.17) is 11.6 Å². The van der Waals surface area contributed by atoms with Gasteiger partial charge in [-0.15, -0.1) is 11.3 Å². The molecule has 1 N–H and O–H groups in total. The third-order valence-electron chi connectivity index (χ3n) is 5.19. The highest BCUT2D eigenvalue weighted by Gasteiger charge is 2.44. The SMILES string of the molecule is CC(C)c1cc(Cl)cc(C(C)C)c1CC(=O)CS(=O)(=O)c1ncc(C2(O)CC2)s1. The molecule has 1 heterocycles. The van der Waals surface area contributed by atoms with Gasteiger partial charge in [-0.05, 0) is 53.5 Å². The van der Waals surface area contributed by atoms with Gasteiger partial charge >= 0.3 is 0 Å². The van der Waals surface area contributed by atoms with E-state index in [0.717, 1.165) is 28.0 Å². The van der Waals surface area contributed by atoms with Crippen molar-refractivity contribution in [1.82, 2.24) is 4.98 Å². The van der Waals surface area contributed by atoms with E-state index in [2.05, 4.69) is 4.98 Å². The molecular formula is C21H26ClNO4S2. The first-order valence-electron chi connectivity index (χ1n) is 9.68. The standard InChI is InChI=1S/C21H26ClNO4S2/c1-12(2)16-7-14(22)8-17(13(3)4)18(16)9-15(24)11-29(26,27)20-23-10-19(28-20)21(25)5-6-21/h7-8,10,12-13,25H,5-6,9,11H2,1-4H3. The number of benzene rings is 1. The van der Waals surface area contributed by atoms with E-state index in [1.807, 2.05) is 39.8 Å². The maximum atomic E-state index is 12.8. The molecule has 5 nitrogen and oxygen atoms in total. The fourth-order valence-corrected chi connectivity index (χ4v) is 6.26. The number of carbonyl (C=O) groups is 1. The van der Waals surface area contributed by atoms with Crippen molar-refractivity contribution in [2.24, 2.45) is 0 Å². The van der Waals surface area contributed by atoms with Gasteiger partial charge in [-0.2, -0.15) is 0 Å². The molecule has 158 valence electrons. The molecule has 2 aromatic rings. The Morgan fingerprint density at radius 1 is 1.21 bits per heavy atom. The van der Waals surface area contributed by atoms with Crippen LogP contribution in [0.3, 0.4) is 0 Å². The molecule has 0 amide bonds. The zero-order valence-electron chi connectivity index (χ0n) is 17.0. The van der Waals surface area contributed by atoms with Crippen LogP contribution in [0.15, 0.2) is 22.7 Å². The molecule has 0 radical (unpaired) electrons. The lowest BCUT2D eigenvalue weighted by atomic mass is 9.86. The monoisotopic (exact) mass is 455 g/mol. The van der Waals surface area contributed by atoms with E-state index in [0.29, 0.717) is 22.7 Å². The lowest BCUT2D eigenvalue weighted by Gasteiger charge is -2.20. The van der Waals surface area contributed by atoms with Crippen molar-refractivity contribution in [2.45, 2.75) is 68.7 Å². The Morgan fingerprint density at radius 2 is 1.76 bits per heavy atom. The number of thiazole rings is 1. The van der Waals surface area contributed by atoms with Crippen molar-refractivity contribution in [3.8, 4) is 0 Å². The van der Waals surface area contributed by atoms with E-state index >= 15 is 0 Å². The Hall–Kier alpha value is -1.28. The molecule has 8 heteroatoms. The minimum absolute atomic E-state index is 0.0413. The Bertz CT molecular complexity index is 1010. The molecule has 1 fully saturated rings. The van der Waals surface area contributed by atoms with Gasteiger partial charge < -0.3 is 5.11 Å². The van der Waals surface area contributed by atoms with Crippen LogP contribution in [0, 0.1) is 0 Å². The summed E-state index contributed by atoms with van der Waals surface area (Å²) >= 11 is 7.23. The summed E-state index contributed by atoms with van der Waals surface area (Å²) in [5.41, 5.74) is 1.88. The lowest BCUT2D eigenvalue weighted by Crippen LogP contribution is -2.20. The van der Waals surface area contributed by atoms with Crippen LogP contribution in [0.5, 0.6) is 0 Å². The third kappa shape index (κ3) is 4.90. The minimum Gasteiger partial charge on any atom is -0.384 e. The highest BCUT2D eigenvalue weighted by Crippen LogP contribution is 2.47. The number of halogens is 1. The summed E-state index contributed by atoms with van der Waals surface area (Å²) in [6.45, 7) is 8.11. The number of hydrogen-bond acceptors (Lipinski definition) is 6. The quantitative estimate of drug-likeness (QED) is 0.628. The van der Waals surface area contributed by atoms with Gasteiger partial charge in [0, 0.05) is 17.6 Å². The number of carbonyl (C=O) groups excluding carboxylic acids is 1. The lowest BCUT2D eigenvalue weighted by molar-refractivity contribution is -0.116. The molecule has 0 aliphatic heterocycles. The zero-order valence-corrected chi connectivity index (χ0v) is 19.4. The minimum atomic E-state index is -3.84. The fourth-order valence-electron chi connectivity index (χ4n) is 3.42. The van der Waals surface area contributed by atoms with Crippen LogP contribution in [0.1, 0.15) is 73.9 Å². The number of aliphatic hydroxyl groups is 1. The van der Waals surface area contributed by atoms with Gasteiger partial charge in [0.15, 0.2) is 5.78 Å². The van der Waals surface area contributed by atoms with Crippen LogP contribution in [0.4, 0.5) is 0 Å². The van der Waals surface area contributed by atoms with Gasteiger partial charge in [0.05, 0.1) is 4.88 Å². The van der Waals surface area contributed by atoms with E-state index < -0.39 is 21.2 Å². The number of Topliss-reactive ketones (excluding diaryl/α,β-unsaturated/α-hetero) is 1. The Morgan fingerprint density at radius 3 is 2.24 bits per heavy atom. The summed E-state index contributed by atoms with van der Waals surface area (Å²) in [6.07, 6.45) is 2.67. The molecule has 0 bridgehead atoms. The molecule has 1 saturated carbocycles. The van der Waals surface area contributed by atoms with Crippen LogP contribution in [0.25, 0.3) is 0 Å². The highest BCUT2D eigenvalue weighted by molar-refractivity contribution is 7.94. The van der Waals surface area contributed by atoms with Crippen molar-refractivity contribution in [1.29, 1.82) is 0 Å². The maximum Gasteiger partial charge on any atom is 0.212 e. The summed E-state index contributed by atoms with van der Waals surface area (Å²) in [5.74, 6) is -0.661. The van der Waals surface area contributed by atoms with Crippen molar-refractivity contribution in [3.63, 3.8) is 0 Å². The van der Waals surface area contributed by atoms with Crippen LogP contribution in [-0.4, -0.2) is 30.0 Å². The Balaban J connectivity index is 1.84. The number of ketones is 1. The van der Waals surface area contributed by atoms with Gasteiger partial charge in [-0.1, -0.05) is 39.3 Å². The number of nitrogens with zero attached hydrogens (tertiary/aromatic N) is 1. The predicted molar refractivity (Wildman–Crippen MR) is 116 cm³/mol. The van der Waals surface area contributed by atoms with Crippen LogP contribution >= 0.6 is 22.9 Å². The molecule has 1 aromatic carbocycles. The molecule has 1 aliphatic carbocycles. The summed E-state index contributed by atoms with van der Waals surface area (Å²) in [7, 11) is -3.84. The van der Waals surface area contributed by atoms with Crippen LogP contribution < -0.4 is 0 Å². The van der Waals surface area contributed by atoms with Crippen molar-refractivity contribution < 1.29 is 18.3 Å². The van der Waals surface area contributed by atoms with Crippen LogP contribution in [-0.2, 0) is 26.7 Å². The van der Waals surface area contributed by atoms with Crippen molar-refractivity contribution in [2.75, 3.05) is 5.75 Å². The van der Waals surface area contributed by atoms with E-state index in [-0.39, 0.29) is 28.4 Å².